The van der Waals surface area contributed by atoms with Gasteiger partial charge in [-0.3, -0.25) is 9.69 Å². The zero-order valence-electron chi connectivity index (χ0n) is 14.8. The number of anilines is 1. The highest BCUT2D eigenvalue weighted by Gasteiger charge is 2.26. The molecule has 3 rings (SSSR count). The predicted molar refractivity (Wildman–Crippen MR) is 101 cm³/mol. The number of nitrogens with zero attached hydrogens (tertiary/aromatic N) is 1. The third kappa shape index (κ3) is 5.29. The van der Waals surface area contributed by atoms with E-state index in [1.165, 1.54) is 5.56 Å². The van der Waals surface area contributed by atoms with Gasteiger partial charge in [0.1, 0.15) is 18.5 Å². The summed E-state index contributed by atoms with van der Waals surface area (Å²) in [6.07, 6.45) is -0.472. The monoisotopic (exact) mass is 355 g/mol. The Balaban J connectivity index is 1.52. The molecule has 1 amide bonds. The van der Waals surface area contributed by atoms with Crippen molar-refractivity contribution >= 4 is 11.6 Å². The van der Waals surface area contributed by atoms with Crippen LogP contribution in [-0.4, -0.2) is 49.8 Å². The lowest BCUT2D eigenvalue weighted by Gasteiger charge is -2.32. The number of carbonyl (C=O) groups excluding carboxylic acids is 1. The van der Waals surface area contributed by atoms with Crippen LogP contribution in [0.1, 0.15) is 5.56 Å². The molecule has 0 radical (unpaired) electrons. The van der Waals surface area contributed by atoms with Crippen LogP contribution in [0.2, 0.25) is 0 Å². The highest BCUT2D eigenvalue weighted by atomic mass is 16.5. The van der Waals surface area contributed by atoms with Crippen LogP contribution in [-0.2, 0) is 16.1 Å². The standard InChI is InChI=1S/C20H25N3O3/c21-10-12-25-18-8-6-17(7-9-18)22-20(24)19-15-23(11-13-26-19)14-16-4-2-1-3-5-16/h1-9,19H,10-15,21H2,(H,22,24). The molecule has 1 atom stereocenters. The molecule has 3 N–H and O–H groups in total. The molecule has 1 aliphatic heterocycles. The molecule has 0 saturated carbocycles. The summed E-state index contributed by atoms with van der Waals surface area (Å²) in [5, 5.41) is 2.91. The maximum Gasteiger partial charge on any atom is 0.254 e. The van der Waals surface area contributed by atoms with Crippen molar-refractivity contribution in [2.45, 2.75) is 12.6 Å². The number of carbonyl (C=O) groups is 1. The molecule has 1 saturated heterocycles. The number of ether oxygens (including phenoxy) is 2. The maximum atomic E-state index is 12.5. The van der Waals surface area contributed by atoms with Gasteiger partial charge in [0.25, 0.3) is 5.91 Å². The van der Waals surface area contributed by atoms with E-state index in [-0.39, 0.29) is 5.91 Å². The lowest BCUT2D eigenvalue weighted by molar-refractivity contribution is -0.133. The molecule has 1 aliphatic rings. The Morgan fingerprint density at radius 3 is 2.69 bits per heavy atom. The van der Waals surface area contributed by atoms with Gasteiger partial charge in [0.15, 0.2) is 0 Å². The number of rotatable bonds is 7. The second-order valence-electron chi connectivity index (χ2n) is 6.23. The number of amides is 1. The molecule has 2 aromatic carbocycles. The van der Waals surface area contributed by atoms with Crippen LogP contribution in [0.5, 0.6) is 5.75 Å². The van der Waals surface area contributed by atoms with E-state index in [2.05, 4.69) is 22.3 Å². The van der Waals surface area contributed by atoms with E-state index in [0.29, 0.717) is 26.3 Å². The smallest absolute Gasteiger partial charge is 0.254 e. The summed E-state index contributed by atoms with van der Waals surface area (Å²) in [7, 11) is 0. The Kier molecular flexibility index (Phi) is 6.60. The molecule has 6 nitrogen and oxygen atoms in total. The molecule has 1 unspecified atom stereocenters. The minimum atomic E-state index is -0.472. The van der Waals surface area contributed by atoms with E-state index in [4.69, 9.17) is 15.2 Å². The molecular formula is C20H25N3O3. The van der Waals surface area contributed by atoms with Crippen LogP contribution in [0.3, 0.4) is 0 Å². The summed E-state index contributed by atoms with van der Waals surface area (Å²) < 4.78 is 11.1. The van der Waals surface area contributed by atoms with Crippen molar-refractivity contribution in [1.82, 2.24) is 4.90 Å². The largest absolute Gasteiger partial charge is 0.492 e. The van der Waals surface area contributed by atoms with Crippen molar-refractivity contribution in [2.24, 2.45) is 5.73 Å². The average Bonchev–Trinajstić information content (AvgIpc) is 2.68. The van der Waals surface area contributed by atoms with Crippen molar-refractivity contribution in [3.63, 3.8) is 0 Å². The minimum Gasteiger partial charge on any atom is -0.492 e. The van der Waals surface area contributed by atoms with Gasteiger partial charge in [-0.05, 0) is 29.8 Å². The third-order valence-corrected chi connectivity index (χ3v) is 4.20. The summed E-state index contributed by atoms with van der Waals surface area (Å²) in [5.41, 5.74) is 7.37. The Hall–Kier alpha value is -2.41. The molecule has 1 heterocycles. The quantitative estimate of drug-likeness (QED) is 0.793. The number of hydrogen-bond donors (Lipinski definition) is 2. The Morgan fingerprint density at radius 2 is 1.96 bits per heavy atom. The van der Waals surface area contributed by atoms with Crippen molar-refractivity contribution in [1.29, 1.82) is 0 Å². The van der Waals surface area contributed by atoms with Crippen LogP contribution in [0.15, 0.2) is 54.6 Å². The second-order valence-corrected chi connectivity index (χ2v) is 6.23. The molecule has 2 aromatic rings. The number of nitrogens with one attached hydrogen (secondary N) is 1. The first kappa shape index (κ1) is 18.4. The molecular weight excluding hydrogens is 330 g/mol. The fourth-order valence-corrected chi connectivity index (χ4v) is 2.88. The first-order valence-corrected chi connectivity index (χ1v) is 8.86. The lowest BCUT2D eigenvalue weighted by atomic mass is 10.2. The Labute approximate surface area is 153 Å². The van der Waals surface area contributed by atoms with Crippen LogP contribution < -0.4 is 15.8 Å². The maximum absolute atomic E-state index is 12.5. The van der Waals surface area contributed by atoms with Gasteiger partial charge in [0.2, 0.25) is 0 Å². The summed E-state index contributed by atoms with van der Waals surface area (Å²) in [4.78, 5) is 14.8. The van der Waals surface area contributed by atoms with Crippen molar-refractivity contribution in [2.75, 3.05) is 38.2 Å². The third-order valence-electron chi connectivity index (χ3n) is 4.20. The SMILES string of the molecule is NCCOc1ccc(NC(=O)C2CN(Cc3ccccc3)CCO2)cc1. The van der Waals surface area contributed by atoms with Gasteiger partial charge in [-0.1, -0.05) is 30.3 Å². The zero-order chi connectivity index (χ0) is 18.2. The molecule has 1 fully saturated rings. The molecule has 0 aromatic heterocycles. The first-order valence-electron chi connectivity index (χ1n) is 8.86. The van der Waals surface area contributed by atoms with Crippen LogP contribution in [0.25, 0.3) is 0 Å². The molecule has 0 bridgehead atoms. The van der Waals surface area contributed by atoms with Crippen LogP contribution in [0, 0.1) is 0 Å². The van der Waals surface area contributed by atoms with E-state index in [0.717, 1.165) is 24.5 Å². The molecule has 0 aliphatic carbocycles. The van der Waals surface area contributed by atoms with E-state index in [1.807, 2.05) is 42.5 Å². The van der Waals surface area contributed by atoms with Gasteiger partial charge in [-0.2, -0.15) is 0 Å². The molecule has 6 heteroatoms. The van der Waals surface area contributed by atoms with E-state index >= 15 is 0 Å². The van der Waals surface area contributed by atoms with Crippen LogP contribution >= 0.6 is 0 Å². The predicted octanol–water partition coefficient (Wildman–Crippen LogP) is 1.86. The fourth-order valence-electron chi connectivity index (χ4n) is 2.88. The number of nitrogens with two attached hydrogens (primary N) is 1. The summed E-state index contributed by atoms with van der Waals surface area (Å²) in [5.74, 6) is 0.606. The number of hydrogen-bond acceptors (Lipinski definition) is 5. The van der Waals surface area contributed by atoms with Gasteiger partial charge < -0.3 is 20.5 Å². The van der Waals surface area contributed by atoms with Crippen molar-refractivity contribution in [3.05, 3.63) is 60.2 Å². The van der Waals surface area contributed by atoms with Gasteiger partial charge in [-0.15, -0.1) is 0 Å². The van der Waals surface area contributed by atoms with E-state index in [9.17, 15) is 4.79 Å². The highest BCUT2D eigenvalue weighted by molar-refractivity contribution is 5.94. The average molecular weight is 355 g/mol. The zero-order valence-corrected chi connectivity index (χ0v) is 14.8. The number of benzene rings is 2. The van der Waals surface area contributed by atoms with Crippen molar-refractivity contribution < 1.29 is 14.3 Å². The molecule has 26 heavy (non-hydrogen) atoms. The highest BCUT2D eigenvalue weighted by Crippen LogP contribution is 2.17. The van der Waals surface area contributed by atoms with Crippen LogP contribution in [0.4, 0.5) is 5.69 Å². The molecule has 0 spiro atoms. The minimum absolute atomic E-state index is 0.126. The van der Waals surface area contributed by atoms with Gasteiger partial charge >= 0.3 is 0 Å². The summed E-state index contributed by atoms with van der Waals surface area (Å²) in [6.45, 7) is 3.72. The number of morpholine rings is 1. The fraction of sp³-hybridized carbons (Fsp3) is 0.350. The Morgan fingerprint density at radius 1 is 1.19 bits per heavy atom. The normalized spacial score (nSPS) is 17.7. The summed E-state index contributed by atoms with van der Waals surface area (Å²) >= 11 is 0. The topological polar surface area (TPSA) is 76.8 Å². The van der Waals surface area contributed by atoms with Gasteiger partial charge in [-0.25, -0.2) is 0 Å². The lowest BCUT2D eigenvalue weighted by Crippen LogP contribution is -2.47. The van der Waals surface area contributed by atoms with Gasteiger partial charge in [0.05, 0.1) is 6.61 Å². The van der Waals surface area contributed by atoms with E-state index < -0.39 is 6.10 Å². The molecule has 138 valence electrons. The first-order chi connectivity index (χ1) is 12.7. The summed E-state index contributed by atoms with van der Waals surface area (Å²) in [6, 6.07) is 17.5. The van der Waals surface area contributed by atoms with E-state index in [1.54, 1.807) is 0 Å². The van der Waals surface area contributed by atoms with Gasteiger partial charge in [0, 0.05) is 31.9 Å². The Bertz CT molecular complexity index is 691. The second kappa shape index (κ2) is 9.33. The van der Waals surface area contributed by atoms with Crippen molar-refractivity contribution in [3.8, 4) is 5.75 Å².